The highest BCUT2D eigenvalue weighted by molar-refractivity contribution is 7.92. The van der Waals surface area contributed by atoms with Gasteiger partial charge in [0.05, 0.1) is 10.6 Å². The molecular formula is C38H39F2N3O6S. The number of sulfonamides is 1. The molecule has 1 N–H and O–H groups in total. The number of hydrogen-bond donors (Lipinski definition) is 1. The molecule has 6 rings (SSSR count). The van der Waals surface area contributed by atoms with Crippen LogP contribution in [-0.4, -0.2) is 57.0 Å². The number of halogens is 2. The molecule has 1 atom stereocenters. The molecule has 1 heterocycles. The summed E-state index contributed by atoms with van der Waals surface area (Å²) in [4.78, 5) is 29.9. The largest absolute Gasteiger partial charge is 0.486 e. The standard InChI is InChI=1S/C38H39F2N3O6S/c39-29-15-17-31(18-16-29)43(50(46,47)32-19-20-35-36(24-32)49-22-21-48-35)26-37(44)42(25-28-11-7-8-14-33(28)40)34(23-27-9-3-1-4-10-27)38(45)41-30-12-5-2-6-13-30/h1,3-4,7-11,14-20,24,30,34H,2,5-6,12-13,21-23,25-26H2,(H,41,45)/t34-/m0/s1. The minimum absolute atomic E-state index is 0.0201. The second kappa shape index (κ2) is 15.7. The van der Waals surface area contributed by atoms with Gasteiger partial charge < -0.3 is 19.7 Å². The smallest absolute Gasteiger partial charge is 0.264 e. The Kier molecular flexibility index (Phi) is 11.0. The highest BCUT2D eigenvalue weighted by atomic mass is 32.2. The van der Waals surface area contributed by atoms with Gasteiger partial charge in [0.15, 0.2) is 11.5 Å². The van der Waals surface area contributed by atoms with Crippen LogP contribution in [0, 0.1) is 11.6 Å². The molecule has 2 amide bonds. The number of carbonyl (C=O) groups is 2. The summed E-state index contributed by atoms with van der Waals surface area (Å²) >= 11 is 0. The zero-order valence-electron chi connectivity index (χ0n) is 27.5. The van der Waals surface area contributed by atoms with Crippen molar-refractivity contribution >= 4 is 27.5 Å². The fourth-order valence-corrected chi connectivity index (χ4v) is 7.79. The molecule has 262 valence electrons. The van der Waals surface area contributed by atoms with Gasteiger partial charge in [0, 0.05) is 30.6 Å². The fraction of sp³-hybridized carbons (Fsp3) is 0.316. The summed E-state index contributed by atoms with van der Waals surface area (Å²) in [5, 5.41) is 3.13. The number of rotatable bonds is 12. The molecule has 0 saturated heterocycles. The predicted molar refractivity (Wildman–Crippen MR) is 184 cm³/mol. The van der Waals surface area contributed by atoms with E-state index in [0.29, 0.717) is 12.4 Å². The first-order valence-electron chi connectivity index (χ1n) is 16.7. The van der Waals surface area contributed by atoms with Gasteiger partial charge in [0.1, 0.15) is 37.4 Å². The lowest BCUT2D eigenvalue weighted by Gasteiger charge is -2.35. The fourth-order valence-electron chi connectivity index (χ4n) is 6.36. The molecule has 0 spiro atoms. The Morgan fingerprint density at radius 2 is 1.50 bits per heavy atom. The third kappa shape index (κ3) is 8.24. The average molecular weight is 704 g/mol. The molecule has 1 saturated carbocycles. The molecule has 0 unspecified atom stereocenters. The number of fused-ring (bicyclic) bond motifs is 1. The monoisotopic (exact) mass is 703 g/mol. The van der Waals surface area contributed by atoms with E-state index in [1.54, 1.807) is 6.07 Å². The summed E-state index contributed by atoms with van der Waals surface area (Å²) in [7, 11) is -4.48. The van der Waals surface area contributed by atoms with Crippen molar-refractivity contribution in [2.75, 3.05) is 24.1 Å². The van der Waals surface area contributed by atoms with E-state index in [2.05, 4.69) is 5.32 Å². The van der Waals surface area contributed by atoms with Gasteiger partial charge in [-0.05, 0) is 60.9 Å². The van der Waals surface area contributed by atoms with Crippen molar-refractivity contribution in [3.8, 4) is 11.5 Å². The number of hydrogen-bond acceptors (Lipinski definition) is 6. The van der Waals surface area contributed by atoms with Gasteiger partial charge in [-0.3, -0.25) is 13.9 Å². The van der Waals surface area contributed by atoms with Crippen molar-refractivity contribution in [2.24, 2.45) is 0 Å². The molecule has 0 aromatic heterocycles. The van der Waals surface area contributed by atoms with E-state index in [1.807, 2.05) is 30.3 Å². The maximum absolute atomic E-state index is 15.2. The Balaban J connectivity index is 1.40. The number of nitrogens with one attached hydrogen (secondary N) is 1. The van der Waals surface area contributed by atoms with Crippen LogP contribution in [0.4, 0.5) is 14.5 Å². The molecule has 4 aromatic rings. The number of carbonyl (C=O) groups excluding carboxylic acids is 2. The van der Waals surface area contributed by atoms with Crippen LogP contribution in [0.1, 0.15) is 43.2 Å². The van der Waals surface area contributed by atoms with Crippen molar-refractivity contribution in [1.82, 2.24) is 10.2 Å². The van der Waals surface area contributed by atoms with Crippen LogP contribution in [0.2, 0.25) is 0 Å². The minimum atomic E-state index is -4.48. The molecule has 1 fully saturated rings. The molecule has 9 nitrogen and oxygen atoms in total. The van der Waals surface area contributed by atoms with E-state index >= 15 is 4.39 Å². The molecule has 2 aliphatic rings. The normalized spacial score (nSPS) is 15.2. The number of benzene rings is 4. The lowest BCUT2D eigenvalue weighted by atomic mass is 9.94. The van der Waals surface area contributed by atoms with Gasteiger partial charge in [-0.2, -0.15) is 0 Å². The summed E-state index contributed by atoms with van der Waals surface area (Å²) in [5.41, 5.74) is 0.945. The number of amides is 2. The van der Waals surface area contributed by atoms with Crippen molar-refractivity contribution in [3.05, 3.63) is 120 Å². The highest BCUT2D eigenvalue weighted by Crippen LogP contribution is 2.34. The van der Waals surface area contributed by atoms with Gasteiger partial charge >= 0.3 is 0 Å². The zero-order chi connectivity index (χ0) is 35.1. The summed E-state index contributed by atoms with van der Waals surface area (Å²) in [6.07, 6.45) is 4.72. The molecule has 1 aliphatic heterocycles. The van der Waals surface area contributed by atoms with Crippen LogP contribution in [0.15, 0.2) is 102 Å². The predicted octanol–water partition coefficient (Wildman–Crippen LogP) is 6.02. The SMILES string of the molecule is O=C(NC1CCCCC1)[C@H](Cc1ccccc1)N(Cc1ccccc1F)C(=O)CN(c1ccc(F)cc1)S(=O)(=O)c1ccc2c(c1)OCCO2. The van der Waals surface area contributed by atoms with Crippen molar-refractivity contribution in [2.45, 2.75) is 62.0 Å². The van der Waals surface area contributed by atoms with E-state index in [4.69, 9.17) is 9.47 Å². The van der Waals surface area contributed by atoms with Crippen LogP contribution in [-0.2, 0) is 32.6 Å². The maximum Gasteiger partial charge on any atom is 0.264 e. The van der Waals surface area contributed by atoms with Crippen LogP contribution in [0.25, 0.3) is 0 Å². The van der Waals surface area contributed by atoms with Crippen molar-refractivity contribution in [1.29, 1.82) is 0 Å². The van der Waals surface area contributed by atoms with Crippen LogP contribution in [0.3, 0.4) is 0 Å². The maximum atomic E-state index is 15.2. The van der Waals surface area contributed by atoms with E-state index in [0.717, 1.165) is 54.1 Å². The van der Waals surface area contributed by atoms with Crippen LogP contribution >= 0.6 is 0 Å². The average Bonchev–Trinajstić information content (AvgIpc) is 3.13. The molecule has 0 radical (unpaired) electrons. The molecular weight excluding hydrogens is 664 g/mol. The van der Waals surface area contributed by atoms with Crippen molar-refractivity contribution in [3.63, 3.8) is 0 Å². The molecule has 0 bridgehead atoms. The topological polar surface area (TPSA) is 105 Å². The van der Waals surface area contributed by atoms with Crippen LogP contribution in [0.5, 0.6) is 11.5 Å². The first-order valence-corrected chi connectivity index (χ1v) is 18.2. The second-order valence-corrected chi connectivity index (χ2v) is 14.3. The highest BCUT2D eigenvalue weighted by Gasteiger charge is 2.36. The number of nitrogens with zero attached hydrogens (tertiary/aromatic N) is 2. The van der Waals surface area contributed by atoms with Crippen molar-refractivity contribution < 1.29 is 36.3 Å². The lowest BCUT2D eigenvalue weighted by Crippen LogP contribution is -2.55. The summed E-state index contributed by atoms with van der Waals surface area (Å²) in [6, 6.07) is 22.8. The number of ether oxygens (including phenoxy) is 2. The van der Waals surface area contributed by atoms with Gasteiger partial charge in [-0.15, -0.1) is 0 Å². The van der Waals surface area contributed by atoms with E-state index < -0.39 is 46.1 Å². The molecule has 4 aromatic carbocycles. The van der Waals surface area contributed by atoms with E-state index in [1.165, 1.54) is 53.4 Å². The van der Waals surface area contributed by atoms with Crippen LogP contribution < -0.4 is 19.1 Å². The summed E-state index contributed by atoms with van der Waals surface area (Å²) in [6.45, 7) is -0.527. The van der Waals surface area contributed by atoms with Gasteiger partial charge in [0.2, 0.25) is 11.8 Å². The molecule has 50 heavy (non-hydrogen) atoms. The summed E-state index contributed by atoms with van der Waals surface area (Å²) < 4.78 is 70.0. The third-order valence-electron chi connectivity index (χ3n) is 9.02. The van der Waals surface area contributed by atoms with E-state index in [-0.39, 0.29) is 47.5 Å². The van der Waals surface area contributed by atoms with Gasteiger partial charge in [0.25, 0.3) is 10.0 Å². The number of anilines is 1. The molecule has 1 aliphatic carbocycles. The first-order chi connectivity index (χ1) is 24.2. The van der Waals surface area contributed by atoms with Gasteiger partial charge in [-0.25, -0.2) is 17.2 Å². The van der Waals surface area contributed by atoms with Gasteiger partial charge in [-0.1, -0.05) is 67.8 Å². The Bertz CT molecular complexity index is 1900. The summed E-state index contributed by atoms with van der Waals surface area (Å²) in [5.74, 6) is -1.72. The quantitative estimate of drug-likeness (QED) is 0.194. The first kappa shape index (κ1) is 34.9. The van der Waals surface area contributed by atoms with E-state index in [9.17, 15) is 22.4 Å². The zero-order valence-corrected chi connectivity index (χ0v) is 28.3. The third-order valence-corrected chi connectivity index (χ3v) is 10.8. The Morgan fingerprint density at radius 1 is 0.820 bits per heavy atom. The molecule has 12 heteroatoms. The Morgan fingerprint density at radius 3 is 2.22 bits per heavy atom. The Labute approximate surface area is 290 Å². The Hall–Kier alpha value is -4.97. The second-order valence-electron chi connectivity index (χ2n) is 12.5. The lowest BCUT2D eigenvalue weighted by molar-refractivity contribution is -0.140. The minimum Gasteiger partial charge on any atom is -0.486 e.